The van der Waals surface area contributed by atoms with Gasteiger partial charge in [-0.05, 0) is 55.9 Å². The van der Waals surface area contributed by atoms with Crippen molar-refractivity contribution in [3.05, 3.63) is 41.7 Å². The second-order valence-corrected chi connectivity index (χ2v) is 6.01. The van der Waals surface area contributed by atoms with Crippen LogP contribution in [0.2, 0.25) is 0 Å². The van der Waals surface area contributed by atoms with Gasteiger partial charge in [0, 0.05) is 18.3 Å². The Kier molecular flexibility index (Phi) is 3.78. The van der Waals surface area contributed by atoms with Gasteiger partial charge in [-0.15, -0.1) is 0 Å². The largest absolute Gasteiger partial charge is 0.326 e. The minimum absolute atomic E-state index is 0.117. The molecule has 1 amide bonds. The van der Waals surface area contributed by atoms with Gasteiger partial charge in [-0.2, -0.15) is 5.10 Å². The van der Waals surface area contributed by atoms with E-state index in [0.29, 0.717) is 12.3 Å². The van der Waals surface area contributed by atoms with Crippen LogP contribution in [0.25, 0.3) is 5.69 Å². The van der Waals surface area contributed by atoms with Crippen LogP contribution in [0.1, 0.15) is 36.8 Å². The molecule has 0 radical (unpaired) electrons. The maximum atomic E-state index is 12.0. The molecule has 0 atom stereocenters. The van der Waals surface area contributed by atoms with Gasteiger partial charge in [-0.25, -0.2) is 4.68 Å². The lowest BCUT2D eigenvalue weighted by Gasteiger charge is -2.24. The van der Waals surface area contributed by atoms with Gasteiger partial charge in [0.1, 0.15) is 0 Å². The van der Waals surface area contributed by atoms with Gasteiger partial charge >= 0.3 is 0 Å². The molecule has 21 heavy (non-hydrogen) atoms. The second kappa shape index (κ2) is 5.72. The summed E-state index contributed by atoms with van der Waals surface area (Å²) >= 11 is 0. The van der Waals surface area contributed by atoms with Gasteiger partial charge in [-0.1, -0.05) is 12.5 Å². The fraction of sp³-hybridized carbons (Fsp3) is 0.412. The van der Waals surface area contributed by atoms with Gasteiger partial charge in [0.2, 0.25) is 5.91 Å². The highest BCUT2D eigenvalue weighted by molar-refractivity contribution is 5.91. The van der Waals surface area contributed by atoms with E-state index in [1.165, 1.54) is 19.3 Å². The van der Waals surface area contributed by atoms with Crippen molar-refractivity contribution >= 4 is 11.6 Å². The third-order valence-electron chi connectivity index (χ3n) is 4.15. The number of aromatic nitrogens is 2. The summed E-state index contributed by atoms with van der Waals surface area (Å²) in [7, 11) is 0. The minimum atomic E-state index is 0.117. The number of carbonyl (C=O) groups excluding carboxylic acids is 1. The predicted octanol–water partition coefficient (Wildman–Crippen LogP) is 3.62. The van der Waals surface area contributed by atoms with Crippen molar-refractivity contribution in [3.8, 4) is 5.69 Å². The monoisotopic (exact) mass is 283 g/mol. The van der Waals surface area contributed by atoms with E-state index >= 15 is 0 Å². The average molecular weight is 283 g/mol. The molecule has 1 saturated carbocycles. The first-order valence-corrected chi connectivity index (χ1v) is 7.54. The van der Waals surface area contributed by atoms with E-state index in [4.69, 9.17) is 0 Å². The smallest absolute Gasteiger partial charge is 0.224 e. The number of aryl methyl sites for hydroxylation is 2. The fourth-order valence-corrected chi connectivity index (χ4v) is 2.65. The van der Waals surface area contributed by atoms with Crippen molar-refractivity contribution < 1.29 is 4.79 Å². The molecule has 1 aliphatic carbocycles. The highest BCUT2D eigenvalue weighted by Crippen LogP contribution is 2.29. The number of amides is 1. The van der Waals surface area contributed by atoms with Crippen LogP contribution in [0.4, 0.5) is 5.69 Å². The van der Waals surface area contributed by atoms with E-state index in [1.807, 2.05) is 49.1 Å². The molecule has 0 spiro atoms. The van der Waals surface area contributed by atoms with Crippen LogP contribution in [-0.4, -0.2) is 15.7 Å². The Bertz CT molecular complexity index is 656. The summed E-state index contributed by atoms with van der Waals surface area (Å²) in [4.78, 5) is 12.0. The summed E-state index contributed by atoms with van der Waals surface area (Å²) in [5.41, 5.74) is 4.10. The molecule has 4 heteroatoms. The molecule has 110 valence electrons. The van der Waals surface area contributed by atoms with Crippen LogP contribution in [-0.2, 0) is 4.79 Å². The molecule has 0 unspecified atom stereocenters. The molecule has 0 bridgehead atoms. The molecule has 1 heterocycles. The standard InChI is InChI=1S/C17H21N3O/c1-12-10-18-20(11-12)16-9-15(7-6-13(16)2)19-17(21)8-14-4-3-5-14/h6-7,9-11,14H,3-5,8H2,1-2H3,(H,19,21). The summed E-state index contributed by atoms with van der Waals surface area (Å²) in [5.74, 6) is 0.704. The quantitative estimate of drug-likeness (QED) is 0.931. The van der Waals surface area contributed by atoms with Crippen LogP contribution in [0.15, 0.2) is 30.6 Å². The van der Waals surface area contributed by atoms with Crippen molar-refractivity contribution in [2.45, 2.75) is 39.5 Å². The molecular formula is C17H21N3O. The first-order chi connectivity index (χ1) is 10.1. The fourth-order valence-electron chi connectivity index (χ4n) is 2.65. The molecule has 0 aliphatic heterocycles. The average Bonchev–Trinajstić information content (AvgIpc) is 2.83. The molecular weight excluding hydrogens is 262 g/mol. The second-order valence-electron chi connectivity index (χ2n) is 6.01. The lowest BCUT2D eigenvalue weighted by molar-refractivity contribution is -0.117. The Hall–Kier alpha value is -2.10. The first kappa shape index (κ1) is 13.9. The lowest BCUT2D eigenvalue weighted by atomic mass is 9.83. The number of hydrogen-bond donors (Lipinski definition) is 1. The Morgan fingerprint density at radius 1 is 1.38 bits per heavy atom. The normalized spacial score (nSPS) is 14.8. The summed E-state index contributed by atoms with van der Waals surface area (Å²) in [6.45, 7) is 4.06. The number of nitrogens with zero attached hydrogens (tertiary/aromatic N) is 2. The van der Waals surface area contributed by atoms with Crippen molar-refractivity contribution in [2.75, 3.05) is 5.32 Å². The van der Waals surface area contributed by atoms with Crippen LogP contribution < -0.4 is 5.32 Å². The zero-order chi connectivity index (χ0) is 14.8. The van der Waals surface area contributed by atoms with Crippen molar-refractivity contribution in [3.63, 3.8) is 0 Å². The zero-order valence-electron chi connectivity index (χ0n) is 12.6. The summed E-state index contributed by atoms with van der Waals surface area (Å²) in [6, 6.07) is 5.96. The molecule has 4 nitrogen and oxygen atoms in total. The van der Waals surface area contributed by atoms with Gasteiger partial charge in [-0.3, -0.25) is 4.79 Å². The molecule has 1 fully saturated rings. The third-order valence-corrected chi connectivity index (χ3v) is 4.15. The molecule has 3 rings (SSSR count). The number of hydrogen-bond acceptors (Lipinski definition) is 2. The predicted molar refractivity (Wildman–Crippen MR) is 83.6 cm³/mol. The van der Waals surface area contributed by atoms with Gasteiger partial charge in [0.15, 0.2) is 0 Å². The third kappa shape index (κ3) is 3.15. The number of rotatable bonds is 4. The van der Waals surface area contributed by atoms with Crippen LogP contribution in [0.3, 0.4) is 0 Å². The van der Waals surface area contributed by atoms with Crippen molar-refractivity contribution in [1.82, 2.24) is 9.78 Å². The molecule has 0 saturated heterocycles. The van der Waals surface area contributed by atoms with Crippen LogP contribution in [0, 0.1) is 19.8 Å². The first-order valence-electron chi connectivity index (χ1n) is 7.54. The Labute approximate surface area is 125 Å². The van der Waals surface area contributed by atoms with E-state index in [9.17, 15) is 4.79 Å². The SMILES string of the molecule is Cc1cnn(-c2cc(NC(=O)CC3CCC3)ccc2C)c1. The zero-order valence-corrected chi connectivity index (χ0v) is 12.6. The van der Waals surface area contributed by atoms with E-state index < -0.39 is 0 Å². The van der Waals surface area contributed by atoms with Crippen molar-refractivity contribution in [1.29, 1.82) is 0 Å². The summed E-state index contributed by atoms with van der Waals surface area (Å²) < 4.78 is 1.85. The topological polar surface area (TPSA) is 46.9 Å². The highest BCUT2D eigenvalue weighted by Gasteiger charge is 2.20. The maximum absolute atomic E-state index is 12.0. The van der Waals surface area contributed by atoms with Crippen LogP contribution >= 0.6 is 0 Å². The Balaban J connectivity index is 1.75. The molecule has 1 aromatic heterocycles. The number of carbonyl (C=O) groups is 1. The van der Waals surface area contributed by atoms with E-state index in [-0.39, 0.29) is 5.91 Å². The number of nitrogens with one attached hydrogen (secondary N) is 1. The van der Waals surface area contributed by atoms with Gasteiger partial charge in [0.25, 0.3) is 0 Å². The van der Waals surface area contributed by atoms with Crippen molar-refractivity contribution in [2.24, 2.45) is 5.92 Å². The van der Waals surface area contributed by atoms with E-state index in [2.05, 4.69) is 10.4 Å². The highest BCUT2D eigenvalue weighted by atomic mass is 16.1. The van der Waals surface area contributed by atoms with Gasteiger partial charge < -0.3 is 5.32 Å². The molecule has 1 aromatic carbocycles. The van der Waals surface area contributed by atoms with Gasteiger partial charge in [0.05, 0.1) is 11.9 Å². The summed E-state index contributed by atoms with van der Waals surface area (Å²) in [6.07, 6.45) is 8.12. The Morgan fingerprint density at radius 3 is 2.81 bits per heavy atom. The van der Waals surface area contributed by atoms with E-state index in [1.54, 1.807) is 0 Å². The van der Waals surface area contributed by atoms with E-state index in [0.717, 1.165) is 22.5 Å². The molecule has 1 N–H and O–H groups in total. The number of benzene rings is 1. The summed E-state index contributed by atoms with van der Waals surface area (Å²) in [5, 5.41) is 7.35. The van der Waals surface area contributed by atoms with Crippen LogP contribution in [0.5, 0.6) is 0 Å². The number of anilines is 1. The maximum Gasteiger partial charge on any atom is 0.224 e. The Morgan fingerprint density at radius 2 is 2.19 bits per heavy atom. The molecule has 1 aliphatic rings. The minimum Gasteiger partial charge on any atom is -0.326 e. The molecule has 2 aromatic rings. The lowest BCUT2D eigenvalue weighted by Crippen LogP contribution is -2.21.